The molecule has 0 aliphatic rings. The highest BCUT2D eigenvalue weighted by Crippen LogP contribution is 2.30. The summed E-state index contributed by atoms with van der Waals surface area (Å²) in [5.41, 5.74) is 8.77. The van der Waals surface area contributed by atoms with Gasteiger partial charge in [0, 0.05) is 11.3 Å². The zero-order valence-electron chi connectivity index (χ0n) is 21.3. The van der Waals surface area contributed by atoms with Gasteiger partial charge in [-0.3, -0.25) is 9.36 Å². The summed E-state index contributed by atoms with van der Waals surface area (Å²) in [6, 6.07) is 26.4. The number of nitrogens with zero attached hydrogens (tertiary/aromatic N) is 4. The molecule has 0 atom stereocenters. The predicted octanol–water partition coefficient (Wildman–Crippen LogP) is 6.17. The average Bonchev–Trinajstić information content (AvgIpc) is 3.30. The van der Waals surface area contributed by atoms with Crippen LogP contribution in [0, 0.1) is 6.92 Å². The molecule has 0 aliphatic carbocycles. The molecule has 0 bridgehead atoms. The van der Waals surface area contributed by atoms with E-state index in [4.69, 9.17) is 0 Å². The summed E-state index contributed by atoms with van der Waals surface area (Å²) < 4.78 is 2.00. The maximum Gasteiger partial charge on any atom is 0.250 e. The van der Waals surface area contributed by atoms with E-state index < -0.39 is 0 Å². The van der Waals surface area contributed by atoms with Crippen molar-refractivity contribution in [3.8, 4) is 17.1 Å². The van der Waals surface area contributed by atoms with E-state index in [9.17, 15) is 4.79 Å². The first-order valence-electron chi connectivity index (χ1n) is 11.9. The standard InChI is InChI=1S/C29H31N5OS/c1-20-11-17-25(18-12-20)34-27(23-13-15-24(16-14-23)29(3,4)5)32-33-28(34)36-19-26(35)31-30-21(2)22-9-7-6-8-10-22/h6-18H,19H2,1-5H3,(H,31,35)/b30-21-. The van der Waals surface area contributed by atoms with Gasteiger partial charge in [-0.1, -0.05) is 105 Å². The lowest BCUT2D eigenvalue weighted by Crippen LogP contribution is -2.21. The number of thioether (sulfide) groups is 1. The molecular formula is C29H31N5OS. The van der Waals surface area contributed by atoms with E-state index in [-0.39, 0.29) is 17.1 Å². The molecule has 1 amide bonds. The molecular weight excluding hydrogens is 466 g/mol. The van der Waals surface area contributed by atoms with Crippen LogP contribution in [0.25, 0.3) is 17.1 Å². The molecule has 184 valence electrons. The van der Waals surface area contributed by atoms with Crippen LogP contribution < -0.4 is 5.43 Å². The Labute approximate surface area is 216 Å². The van der Waals surface area contributed by atoms with Crippen LogP contribution in [0.3, 0.4) is 0 Å². The zero-order valence-corrected chi connectivity index (χ0v) is 22.1. The first kappa shape index (κ1) is 25.4. The normalized spacial score (nSPS) is 12.0. The molecule has 6 nitrogen and oxygen atoms in total. The lowest BCUT2D eigenvalue weighted by Gasteiger charge is -2.19. The van der Waals surface area contributed by atoms with Crippen molar-refractivity contribution in [2.75, 3.05) is 5.75 Å². The Morgan fingerprint density at radius 3 is 2.25 bits per heavy atom. The van der Waals surface area contributed by atoms with Crippen LogP contribution in [0.15, 0.2) is 89.1 Å². The second kappa shape index (κ2) is 10.9. The van der Waals surface area contributed by atoms with Crippen molar-refractivity contribution in [2.24, 2.45) is 5.10 Å². The molecule has 1 N–H and O–H groups in total. The number of benzene rings is 3. The summed E-state index contributed by atoms with van der Waals surface area (Å²) >= 11 is 1.33. The number of aryl methyl sites for hydroxylation is 1. The molecule has 4 rings (SSSR count). The van der Waals surface area contributed by atoms with Crippen LogP contribution >= 0.6 is 11.8 Å². The number of aromatic nitrogens is 3. The Hall–Kier alpha value is -3.71. The molecule has 7 heteroatoms. The molecule has 36 heavy (non-hydrogen) atoms. The SMILES string of the molecule is C/C(=N/NC(=O)CSc1nnc(-c2ccc(C(C)(C)C)cc2)n1-c1ccc(C)cc1)c1ccccc1. The minimum absolute atomic E-state index is 0.0683. The quantitative estimate of drug-likeness (QED) is 0.188. The van der Waals surface area contributed by atoms with Gasteiger partial charge in [0.15, 0.2) is 11.0 Å². The third-order valence-electron chi connectivity index (χ3n) is 5.81. The van der Waals surface area contributed by atoms with Gasteiger partial charge in [0.25, 0.3) is 5.91 Å². The molecule has 3 aromatic carbocycles. The van der Waals surface area contributed by atoms with E-state index in [1.54, 1.807) is 0 Å². The van der Waals surface area contributed by atoms with Crippen LogP contribution in [0.4, 0.5) is 0 Å². The first-order valence-corrected chi connectivity index (χ1v) is 12.9. The Bertz CT molecular complexity index is 1350. The molecule has 0 unspecified atom stereocenters. The van der Waals surface area contributed by atoms with Crippen LogP contribution in [0.2, 0.25) is 0 Å². The summed E-state index contributed by atoms with van der Waals surface area (Å²) in [6.07, 6.45) is 0. The van der Waals surface area contributed by atoms with Crippen molar-refractivity contribution in [2.45, 2.75) is 45.2 Å². The van der Waals surface area contributed by atoms with Gasteiger partial charge in [-0.15, -0.1) is 10.2 Å². The van der Waals surface area contributed by atoms with Crippen molar-refractivity contribution in [1.29, 1.82) is 0 Å². The average molecular weight is 498 g/mol. The second-order valence-electron chi connectivity index (χ2n) is 9.69. The van der Waals surface area contributed by atoms with Crippen molar-refractivity contribution in [3.63, 3.8) is 0 Å². The van der Waals surface area contributed by atoms with E-state index in [0.29, 0.717) is 5.16 Å². The van der Waals surface area contributed by atoms with Crippen LogP contribution in [-0.2, 0) is 10.2 Å². The fourth-order valence-electron chi connectivity index (χ4n) is 3.65. The second-order valence-corrected chi connectivity index (χ2v) is 10.6. The Morgan fingerprint density at radius 1 is 0.944 bits per heavy atom. The lowest BCUT2D eigenvalue weighted by molar-refractivity contribution is -0.118. The van der Waals surface area contributed by atoms with Crippen molar-refractivity contribution in [3.05, 3.63) is 95.6 Å². The number of rotatable bonds is 7. The Balaban J connectivity index is 1.56. The fourth-order valence-corrected chi connectivity index (χ4v) is 4.39. The van der Waals surface area contributed by atoms with Crippen LogP contribution in [-0.4, -0.2) is 32.1 Å². The summed E-state index contributed by atoms with van der Waals surface area (Å²) in [5, 5.41) is 13.8. The van der Waals surface area contributed by atoms with Gasteiger partial charge >= 0.3 is 0 Å². The van der Waals surface area contributed by atoms with E-state index in [0.717, 1.165) is 28.4 Å². The molecule has 0 fully saturated rings. The molecule has 0 saturated carbocycles. The third kappa shape index (κ3) is 6.10. The minimum atomic E-state index is -0.204. The van der Waals surface area contributed by atoms with Gasteiger partial charge in [0.05, 0.1) is 11.5 Å². The molecule has 0 saturated heterocycles. The van der Waals surface area contributed by atoms with Crippen LogP contribution in [0.5, 0.6) is 0 Å². The van der Waals surface area contributed by atoms with E-state index in [1.165, 1.54) is 22.9 Å². The highest BCUT2D eigenvalue weighted by Gasteiger charge is 2.19. The summed E-state index contributed by atoms with van der Waals surface area (Å²) in [6.45, 7) is 10.5. The molecule has 0 radical (unpaired) electrons. The summed E-state index contributed by atoms with van der Waals surface area (Å²) in [7, 11) is 0. The maximum atomic E-state index is 12.6. The van der Waals surface area contributed by atoms with Gasteiger partial charge in [0.2, 0.25) is 0 Å². The van der Waals surface area contributed by atoms with Crippen LogP contribution in [0.1, 0.15) is 44.4 Å². The van der Waals surface area contributed by atoms with Crippen molar-refractivity contribution in [1.82, 2.24) is 20.2 Å². The van der Waals surface area contributed by atoms with E-state index >= 15 is 0 Å². The number of carbonyl (C=O) groups is 1. The monoisotopic (exact) mass is 497 g/mol. The molecule has 0 aliphatic heterocycles. The number of hydrogen-bond donors (Lipinski definition) is 1. The van der Waals surface area contributed by atoms with Gasteiger partial charge < -0.3 is 0 Å². The smallest absolute Gasteiger partial charge is 0.250 e. The summed E-state index contributed by atoms with van der Waals surface area (Å²) in [4.78, 5) is 12.6. The largest absolute Gasteiger partial charge is 0.272 e. The van der Waals surface area contributed by atoms with Gasteiger partial charge in [-0.05, 0) is 42.5 Å². The number of carbonyl (C=O) groups excluding carboxylic acids is 1. The third-order valence-corrected chi connectivity index (χ3v) is 6.74. The van der Waals surface area contributed by atoms with E-state index in [2.05, 4.69) is 84.8 Å². The van der Waals surface area contributed by atoms with Gasteiger partial charge in [-0.2, -0.15) is 5.10 Å². The lowest BCUT2D eigenvalue weighted by atomic mass is 9.87. The fraction of sp³-hybridized carbons (Fsp3) is 0.241. The summed E-state index contributed by atoms with van der Waals surface area (Å²) in [5.74, 6) is 0.698. The Morgan fingerprint density at radius 2 is 1.61 bits per heavy atom. The molecule has 1 heterocycles. The number of hydrogen-bond acceptors (Lipinski definition) is 5. The maximum absolute atomic E-state index is 12.6. The van der Waals surface area contributed by atoms with Crippen molar-refractivity contribution >= 4 is 23.4 Å². The van der Waals surface area contributed by atoms with Gasteiger partial charge in [-0.25, -0.2) is 5.43 Å². The van der Waals surface area contributed by atoms with Gasteiger partial charge in [0.1, 0.15) is 0 Å². The number of nitrogens with one attached hydrogen (secondary N) is 1. The molecule has 1 aromatic heterocycles. The molecule has 0 spiro atoms. The highest BCUT2D eigenvalue weighted by molar-refractivity contribution is 7.99. The number of hydrazone groups is 1. The highest BCUT2D eigenvalue weighted by atomic mass is 32.2. The molecule has 4 aromatic rings. The van der Waals surface area contributed by atoms with Crippen molar-refractivity contribution < 1.29 is 4.79 Å². The zero-order chi connectivity index (χ0) is 25.7. The Kier molecular flexibility index (Phi) is 7.70. The topological polar surface area (TPSA) is 72.2 Å². The minimum Gasteiger partial charge on any atom is -0.272 e. The predicted molar refractivity (Wildman–Crippen MR) is 148 cm³/mol. The number of amides is 1. The first-order chi connectivity index (χ1) is 17.2. The van der Waals surface area contributed by atoms with E-state index in [1.807, 2.05) is 54.0 Å².